The van der Waals surface area contributed by atoms with Gasteiger partial charge in [-0.1, -0.05) is 23.2 Å². The summed E-state index contributed by atoms with van der Waals surface area (Å²) in [5, 5.41) is 5.75. The molecule has 1 aliphatic rings. The van der Waals surface area contributed by atoms with Crippen molar-refractivity contribution in [2.45, 2.75) is 25.9 Å². The summed E-state index contributed by atoms with van der Waals surface area (Å²) in [6, 6.07) is 5.39. The molecule has 1 aromatic carbocycles. The van der Waals surface area contributed by atoms with Gasteiger partial charge in [-0.3, -0.25) is 4.84 Å². The van der Waals surface area contributed by atoms with Crippen LogP contribution in [0.2, 0.25) is 10.0 Å². The van der Waals surface area contributed by atoms with Gasteiger partial charge in [0.05, 0.1) is 16.7 Å². The van der Waals surface area contributed by atoms with Crippen LogP contribution < -0.4 is 16.8 Å². The van der Waals surface area contributed by atoms with Gasteiger partial charge in [0.25, 0.3) is 0 Å². The highest BCUT2D eigenvalue weighted by atomic mass is 79.9. The van der Waals surface area contributed by atoms with Gasteiger partial charge in [-0.05, 0) is 38.5 Å². The Kier molecular flexibility index (Phi) is 7.59. The fourth-order valence-corrected chi connectivity index (χ4v) is 2.38. The molecule has 0 aliphatic carbocycles. The number of anilines is 1. The molecule has 0 atom stereocenters. The molecule has 7 nitrogen and oxygen atoms in total. The van der Waals surface area contributed by atoms with Gasteiger partial charge in [0.2, 0.25) is 11.9 Å². The third-order valence-electron chi connectivity index (χ3n) is 3.11. The Hall–Kier alpha value is -1.22. The smallest absolute Gasteiger partial charge is 0.226 e. The molecule has 0 spiro atoms. The number of nitrogens with two attached hydrogens (primary N) is 2. The second kappa shape index (κ2) is 8.75. The molecule has 0 saturated heterocycles. The van der Waals surface area contributed by atoms with Crippen molar-refractivity contribution in [3.05, 3.63) is 28.2 Å². The van der Waals surface area contributed by atoms with Gasteiger partial charge in [0, 0.05) is 12.2 Å². The summed E-state index contributed by atoms with van der Waals surface area (Å²) >= 11 is 11.8. The number of aliphatic imine (C=N–C) groups is 2. The molecule has 10 heteroatoms. The number of guanidine groups is 2. The zero-order chi connectivity index (χ0) is 17.0. The van der Waals surface area contributed by atoms with Crippen molar-refractivity contribution in [3.8, 4) is 0 Å². The highest BCUT2D eigenvalue weighted by Gasteiger charge is 2.32. The summed E-state index contributed by atoms with van der Waals surface area (Å²) in [7, 11) is 0. The van der Waals surface area contributed by atoms with Crippen molar-refractivity contribution < 1.29 is 4.84 Å². The van der Waals surface area contributed by atoms with Gasteiger partial charge in [0.1, 0.15) is 0 Å². The summed E-state index contributed by atoms with van der Waals surface area (Å²) in [5.74, 6) is 0.341. The fraction of sp³-hybridized carbons (Fsp3) is 0.429. The molecule has 0 amide bonds. The minimum Gasteiger partial charge on any atom is -0.385 e. The van der Waals surface area contributed by atoms with Crippen molar-refractivity contribution in [2.75, 3.05) is 18.5 Å². The van der Waals surface area contributed by atoms with E-state index in [2.05, 4.69) is 15.3 Å². The quantitative estimate of drug-likeness (QED) is 0.591. The zero-order valence-corrected chi connectivity index (χ0v) is 16.6. The summed E-state index contributed by atoms with van der Waals surface area (Å²) in [6.45, 7) is 4.84. The lowest BCUT2D eigenvalue weighted by molar-refractivity contribution is -0.156. The Bertz CT molecular complexity index is 638. The Morgan fingerprint density at radius 2 is 1.96 bits per heavy atom. The maximum Gasteiger partial charge on any atom is 0.226 e. The molecule has 1 aromatic rings. The van der Waals surface area contributed by atoms with E-state index in [9.17, 15) is 0 Å². The van der Waals surface area contributed by atoms with Gasteiger partial charge in [0.15, 0.2) is 5.66 Å². The number of hydrogen-bond acceptors (Lipinski definition) is 7. The van der Waals surface area contributed by atoms with E-state index in [1.54, 1.807) is 12.1 Å². The van der Waals surface area contributed by atoms with Crippen molar-refractivity contribution in [2.24, 2.45) is 21.5 Å². The first-order valence-electron chi connectivity index (χ1n) is 7.11. The lowest BCUT2D eigenvalue weighted by Crippen LogP contribution is -2.53. The van der Waals surface area contributed by atoms with Crippen LogP contribution in [0.15, 0.2) is 28.2 Å². The van der Waals surface area contributed by atoms with Crippen LogP contribution >= 0.6 is 40.2 Å². The highest BCUT2D eigenvalue weighted by Crippen LogP contribution is 2.25. The Morgan fingerprint density at radius 1 is 1.25 bits per heavy atom. The standard InChI is InChI=1S/C14H20Cl2N6O.BrH/c1-14(2)21-12(17)20-13(18)22(14)23-7-3-6-19-9-4-5-10(15)11(16)8-9;/h4-5,8,19H,3,6-7H2,1-2H3,(H4,17,18,20,21);1H. The Balaban J connectivity index is 0.00000288. The van der Waals surface area contributed by atoms with Crippen LogP contribution in [0.4, 0.5) is 5.69 Å². The monoisotopic (exact) mass is 438 g/mol. The number of hydroxylamine groups is 2. The third-order valence-corrected chi connectivity index (χ3v) is 3.85. The van der Waals surface area contributed by atoms with E-state index < -0.39 is 5.66 Å². The van der Waals surface area contributed by atoms with Crippen molar-refractivity contribution >= 4 is 57.8 Å². The van der Waals surface area contributed by atoms with E-state index in [1.165, 1.54) is 5.06 Å². The molecule has 0 fully saturated rings. The van der Waals surface area contributed by atoms with Gasteiger partial charge in [-0.15, -0.1) is 17.0 Å². The lowest BCUT2D eigenvalue weighted by Gasteiger charge is -2.36. The van der Waals surface area contributed by atoms with E-state index in [4.69, 9.17) is 39.5 Å². The molecule has 0 radical (unpaired) electrons. The number of halogens is 3. The van der Waals surface area contributed by atoms with Crippen molar-refractivity contribution in [1.29, 1.82) is 0 Å². The molecule has 134 valence electrons. The summed E-state index contributed by atoms with van der Waals surface area (Å²) in [5.41, 5.74) is 11.6. The molecule has 0 aromatic heterocycles. The molecule has 2 rings (SSSR count). The number of nitrogens with one attached hydrogen (secondary N) is 1. The maximum absolute atomic E-state index is 5.96. The van der Waals surface area contributed by atoms with Crippen molar-refractivity contribution in [3.63, 3.8) is 0 Å². The average molecular weight is 440 g/mol. The Morgan fingerprint density at radius 3 is 2.58 bits per heavy atom. The molecule has 0 unspecified atom stereocenters. The second-order valence-electron chi connectivity index (χ2n) is 5.47. The van der Waals surface area contributed by atoms with Crippen LogP contribution in [0.1, 0.15) is 20.3 Å². The largest absolute Gasteiger partial charge is 0.385 e. The van der Waals surface area contributed by atoms with Gasteiger partial charge in [-0.2, -0.15) is 10.1 Å². The van der Waals surface area contributed by atoms with Crippen LogP contribution in [-0.4, -0.2) is 35.8 Å². The summed E-state index contributed by atoms with van der Waals surface area (Å²) in [4.78, 5) is 13.8. The van der Waals surface area contributed by atoms with Gasteiger partial charge in [-0.25, -0.2) is 4.99 Å². The number of benzene rings is 1. The van der Waals surface area contributed by atoms with E-state index in [1.807, 2.05) is 19.9 Å². The highest BCUT2D eigenvalue weighted by molar-refractivity contribution is 8.93. The second-order valence-corrected chi connectivity index (χ2v) is 6.29. The molecule has 0 saturated carbocycles. The molecule has 5 N–H and O–H groups in total. The van der Waals surface area contributed by atoms with E-state index in [0.717, 1.165) is 12.1 Å². The van der Waals surface area contributed by atoms with Crippen LogP contribution in [0.25, 0.3) is 0 Å². The molecular formula is C14H21BrCl2N6O. The molecule has 24 heavy (non-hydrogen) atoms. The Labute approximate surface area is 161 Å². The minimum atomic E-state index is -0.687. The lowest BCUT2D eigenvalue weighted by atomic mass is 10.2. The first kappa shape index (κ1) is 20.8. The van der Waals surface area contributed by atoms with Crippen LogP contribution in [0.5, 0.6) is 0 Å². The van der Waals surface area contributed by atoms with Crippen LogP contribution in [0.3, 0.4) is 0 Å². The zero-order valence-electron chi connectivity index (χ0n) is 13.4. The van der Waals surface area contributed by atoms with E-state index in [-0.39, 0.29) is 28.9 Å². The van der Waals surface area contributed by atoms with Crippen molar-refractivity contribution in [1.82, 2.24) is 5.06 Å². The summed E-state index contributed by atoms with van der Waals surface area (Å²) < 4.78 is 0. The maximum atomic E-state index is 5.96. The van der Waals surface area contributed by atoms with Gasteiger partial charge >= 0.3 is 0 Å². The molecule has 0 bridgehead atoms. The first-order chi connectivity index (χ1) is 10.8. The van der Waals surface area contributed by atoms with E-state index in [0.29, 0.717) is 23.2 Å². The molecule has 1 heterocycles. The summed E-state index contributed by atoms with van der Waals surface area (Å²) in [6.07, 6.45) is 0.749. The predicted octanol–water partition coefficient (Wildman–Crippen LogP) is 2.99. The number of nitrogens with zero attached hydrogens (tertiary/aromatic N) is 3. The minimum absolute atomic E-state index is 0. The molecular weight excluding hydrogens is 419 g/mol. The average Bonchev–Trinajstić information content (AvgIpc) is 2.44. The fourth-order valence-electron chi connectivity index (χ4n) is 2.08. The normalized spacial score (nSPS) is 16.1. The SMILES string of the molecule is Br.CC1(C)N=C(N)N=C(N)N1OCCCNc1ccc(Cl)c(Cl)c1. The number of rotatable bonds is 6. The topological polar surface area (TPSA) is 101 Å². The number of hydrogen-bond donors (Lipinski definition) is 3. The van der Waals surface area contributed by atoms with Gasteiger partial charge < -0.3 is 16.8 Å². The molecule has 1 aliphatic heterocycles. The van der Waals surface area contributed by atoms with Crippen LogP contribution in [-0.2, 0) is 4.84 Å². The predicted molar refractivity (Wildman–Crippen MR) is 105 cm³/mol. The first-order valence-corrected chi connectivity index (χ1v) is 7.87. The third kappa shape index (κ3) is 5.41. The van der Waals surface area contributed by atoms with E-state index >= 15 is 0 Å². The van der Waals surface area contributed by atoms with Crippen LogP contribution in [0, 0.1) is 0 Å².